The highest BCUT2D eigenvalue weighted by molar-refractivity contribution is 5.36. The van der Waals surface area contributed by atoms with E-state index in [0.29, 0.717) is 6.04 Å². The average Bonchev–Trinajstić information content (AvgIpc) is 2.04. The zero-order valence-corrected chi connectivity index (χ0v) is 6.84. The fourth-order valence-corrected chi connectivity index (χ4v) is 1.98. The maximum atomic E-state index is 5.82. The molecule has 1 atom stereocenters. The Bertz CT molecular complexity index is 213. The molecule has 2 aliphatic rings. The van der Waals surface area contributed by atoms with Crippen LogP contribution in [-0.2, 0) is 0 Å². The van der Waals surface area contributed by atoms with Gasteiger partial charge >= 0.3 is 0 Å². The normalized spacial score (nSPS) is 30.5. The minimum absolute atomic E-state index is 0.298. The molecule has 0 bridgehead atoms. The van der Waals surface area contributed by atoms with Crippen molar-refractivity contribution in [3.63, 3.8) is 0 Å². The Hall–Kier alpha value is -0.560. The molecule has 0 aliphatic heterocycles. The Morgan fingerprint density at radius 1 is 1.18 bits per heavy atom. The molecule has 0 amide bonds. The molecule has 2 aliphatic carbocycles. The van der Waals surface area contributed by atoms with Gasteiger partial charge in [-0.05, 0) is 43.3 Å². The molecular weight excluding hydrogens is 134 g/mol. The fourth-order valence-electron chi connectivity index (χ4n) is 1.98. The second kappa shape index (κ2) is 2.82. The predicted molar refractivity (Wildman–Crippen MR) is 47.2 cm³/mol. The van der Waals surface area contributed by atoms with Crippen LogP contribution in [0.25, 0.3) is 0 Å². The van der Waals surface area contributed by atoms with Gasteiger partial charge in [0.25, 0.3) is 0 Å². The Morgan fingerprint density at radius 2 is 1.91 bits per heavy atom. The van der Waals surface area contributed by atoms with Crippen LogP contribution in [0.15, 0.2) is 23.3 Å². The van der Waals surface area contributed by atoms with E-state index in [-0.39, 0.29) is 0 Å². The van der Waals surface area contributed by atoms with Crippen molar-refractivity contribution in [3.05, 3.63) is 23.3 Å². The molecular formula is C10H15N. The van der Waals surface area contributed by atoms with Crippen molar-refractivity contribution in [2.24, 2.45) is 5.73 Å². The molecule has 0 radical (unpaired) electrons. The molecule has 0 aromatic carbocycles. The lowest BCUT2D eigenvalue weighted by Gasteiger charge is -2.23. The molecule has 2 N–H and O–H groups in total. The van der Waals surface area contributed by atoms with Gasteiger partial charge in [0.2, 0.25) is 0 Å². The largest absolute Gasteiger partial charge is 0.324 e. The van der Waals surface area contributed by atoms with E-state index < -0.39 is 0 Å². The molecule has 1 saturated carbocycles. The van der Waals surface area contributed by atoms with Crippen molar-refractivity contribution >= 4 is 0 Å². The molecule has 0 heterocycles. The third-order valence-corrected chi connectivity index (χ3v) is 2.61. The van der Waals surface area contributed by atoms with Crippen LogP contribution in [0.3, 0.4) is 0 Å². The maximum absolute atomic E-state index is 5.82. The SMILES string of the molecule is NC1C=C2CCCCC2=CC1. The summed E-state index contributed by atoms with van der Waals surface area (Å²) in [6.45, 7) is 0. The van der Waals surface area contributed by atoms with Crippen molar-refractivity contribution in [2.75, 3.05) is 0 Å². The topological polar surface area (TPSA) is 26.0 Å². The molecule has 1 fully saturated rings. The minimum Gasteiger partial charge on any atom is -0.324 e. The van der Waals surface area contributed by atoms with Crippen molar-refractivity contribution < 1.29 is 0 Å². The first kappa shape index (κ1) is 7.11. The van der Waals surface area contributed by atoms with Gasteiger partial charge in [0.15, 0.2) is 0 Å². The smallest absolute Gasteiger partial charge is 0.0264 e. The molecule has 60 valence electrons. The van der Waals surface area contributed by atoms with Crippen LogP contribution in [0, 0.1) is 0 Å². The highest BCUT2D eigenvalue weighted by Gasteiger charge is 2.15. The lowest BCUT2D eigenvalue weighted by atomic mass is 9.84. The van der Waals surface area contributed by atoms with Crippen molar-refractivity contribution in [1.82, 2.24) is 0 Å². The van der Waals surface area contributed by atoms with Gasteiger partial charge < -0.3 is 5.73 Å². The third-order valence-electron chi connectivity index (χ3n) is 2.61. The Morgan fingerprint density at radius 3 is 2.73 bits per heavy atom. The molecule has 11 heavy (non-hydrogen) atoms. The van der Waals surface area contributed by atoms with E-state index in [1.165, 1.54) is 31.3 Å². The molecule has 1 nitrogen and oxygen atoms in total. The predicted octanol–water partition coefficient (Wildman–Crippen LogP) is 2.14. The first-order valence-corrected chi connectivity index (χ1v) is 4.52. The van der Waals surface area contributed by atoms with E-state index in [0.717, 1.165) is 6.42 Å². The summed E-state index contributed by atoms with van der Waals surface area (Å²) in [5.74, 6) is 0. The van der Waals surface area contributed by atoms with Gasteiger partial charge in [0.05, 0.1) is 0 Å². The van der Waals surface area contributed by atoms with Gasteiger partial charge in [-0.3, -0.25) is 0 Å². The van der Waals surface area contributed by atoms with Gasteiger partial charge in [0.1, 0.15) is 0 Å². The Labute approximate surface area is 68.0 Å². The van der Waals surface area contributed by atoms with Gasteiger partial charge in [-0.1, -0.05) is 12.2 Å². The summed E-state index contributed by atoms with van der Waals surface area (Å²) in [4.78, 5) is 0. The highest BCUT2D eigenvalue weighted by Crippen LogP contribution is 2.31. The minimum atomic E-state index is 0.298. The van der Waals surface area contributed by atoms with Crippen molar-refractivity contribution in [1.29, 1.82) is 0 Å². The summed E-state index contributed by atoms with van der Waals surface area (Å²) >= 11 is 0. The monoisotopic (exact) mass is 149 g/mol. The lowest BCUT2D eigenvalue weighted by molar-refractivity contribution is 0.652. The summed E-state index contributed by atoms with van der Waals surface area (Å²) in [5, 5.41) is 0. The second-order valence-corrected chi connectivity index (χ2v) is 3.53. The number of hydrogen-bond acceptors (Lipinski definition) is 1. The summed E-state index contributed by atoms with van der Waals surface area (Å²) in [7, 11) is 0. The quantitative estimate of drug-likeness (QED) is 0.561. The number of allylic oxidation sites excluding steroid dienone is 2. The zero-order valence-electron chi connectivity index (χ0n) is 6.84. The van der Waals surface area contributed by atoms with E-state index in [9.17, 15) is 0 Å². The molecule has 0 aromatic heterocycles. The van der Waals surface area contributed by atoms with Crippen molar-refractivity contribution in [3.8, 4) is 0 Å². The summed E-state index contributed by atoms with van der Waals surface area (Å²) in [6, 6.07) is 0.298. The number of rotatable bonds is 0. The van der Waals surface area contributed by atoms with Crippen LogP contribution in [0.2, 0.25) is 0 Å². The van der Waals surface area contributed by atoms with Crippen LogP contribution in [-0.4, -0.2) is 6.04 Å². The van der Waals surface area contributed by atoms with E-state index in [4.69, 9.17) is 5.73 Å². The summed E-state index contributed by atoms with van der Waals surface area (Å²) in [5.41, 5.74) is 8.94. The van der Waals surface area contributed by atoms with Gasteiger partial charge in [-0.25, -0.2) is 0 Å². The molecule has 0 spiro atoms. The van der Waals surface area contributed by atoms with Crippen LogP contribution < -0.4 is 5.73 Å². The van der Waals surface area contributed by atoms with E-state index in [2.05, 4.69) is 12.2 Å². The molecule has 0 saturated heterocycles. The molecule has 1 heteroatoms. The van der Waals surface area contributed by atoms with Crippen LogP contribution in [0.1, 0.15) is 32.1 Å². The third kappa shape index (κ3) is 1.38. The van der Waals surface area contributed by atoms with Crippen LogP contribution in [0.4, 0.5) is 0 Å². The second-order valence-electron chi connectivity index (χ2n) is 3.53. The molecule has 0 aromatic rings. The Kier molecular flexibility index (Phi) is 1.82. The molecule has 1 unspecified atom stereocenters. The van der Waals surface area contributed by atoms with Gasteiger partial charge in [-0.2, -0.15) is 0 Å². The van der Waals surface area contributed by atoms with Crippen LogP contribution >= 0.6 is 0 Å². The average molecular weight is 149 g/mol. The standard InChI is InChI=1S/C10H15N/c11-10-6-5-8-3-1-2-4-9(8)7-10/h5,7,10H,1-4,6,11H2. The van der Waals surface area contributed by atoms with Gasteiger partial charge in [0, 0.05) is 6.04 Å². The zero-order chi connectivity index (χ0) is 7.68. The number of hydrogen-bond donors (Lipinski definition) is 1. The van der Waals surface area contributed by atoms with E-state index in [1.807, 2.05) is 0 Å². The summed E-state index contributed by atoms with van der Waals surface area (Å²) < 4.78 is 0. The van der Waals surface area contributed by atoms with E-state index >= 15 is 0 Å². The van der Waals surface area contributed by atoms with E-state index in [1.54, 1.807) is 5.57 Å². The molecule has 2 rings (SSSR count). The van der Waals surface area contributed by atoms with Crippen molar-refractivity contribution in [2.45, 2.75) is 38.1 Å². The first-order valence-electron chi connectivity index (χ1n) is 4.52. The van der Waals surface area contributed by atoms with Crippen LogP contribution in [0.5, 0.6) is 0 Å². The fraction of sp³-hybridized carbons (Fsp3) is 0.600. The number of nitrogens with two attached hydrogens (primary N) is 1. The maximum Gasteiger partial charge on any atom is 0.0264 e. The summed E-state index contributed by atoms with van der Waals surface area (Å²) in [6.07, 6.45) is 10.9. The highest BCUT2D eigenvalue weighted by atomic mass is 14.6. The number of fused-ring (bicyclic) bond motifs is 1. The first-order chi connectivity index (χ1) is 5.36. The van der Waals surface area contributed by atoms with Gasteiger partial charge in [-0.15, -0.1) is 0 Å². The Balaban J connectivity index is 2.19. The lowest BCUT2D eigenvalue weighted by Crippen LogP contribution is -2.20.